The molecule has 0 atom stereocenters. The molecule has 1 aliphatic heterocycles. The number of amides is 2. The molecule has 1 aromatic heterocycles. The van der Waals surface area contributed by atoms with Gasteiger partial charge in [-0.2, -0.15) is 0 Å². The van der Waals surface area contributed by atoms with Crippen molar-refractivity contribution in [2.24, 2.45) is 5.92 Å². The summed E-state index contributed by atoms with van der Waals surface area (Å²) in [4.78, 5) is 38.1. The molecule has 2 amide bonds. The lowest BCUT2D eigenvalue weighted by atomic mass is 9.97. The molecule has 1 aliphatic rings. The predicted octanol–water partition coefficient (Wildman–Crippen LogP) is 3.01. The quantitative estimate of drug-likeness (QED) is 0.846. The summed E-state index contributed by atoms with van der Waals surface area (Å²) < 4.78 is 1.67. The van der Waals surface area contributed by atoms with E-state index in [4.69, 9.17) is 5.11 Å². The van der Waals surface area contributed by atoms with Crippen LogP contribution in [0.15, 0.2) is 29.1 Å². The lowest BCUT2D eigenvalue weighted by Gasteiger charge is -2.30. The van der Waals surface area contributed by atoms with Crippen LogP contribution in [-0.2, 0) is 0 Å². The van der Waals surface area contributed by atoms with Gasteiger partial charge in [-0.25, -0.2) is 4.79 Å². The number of rotatable bonds is 4. The molecular formula is C21H27N3O4. The Hall–Kier alpha value is -2.83. The van der Waals surface area contributed by atoms with Crippen LogP contribution in [0.25, 0.3) is 10.9 Å². The van der Waals surface area contributed by atoms with Crippen molar-refractivity contribution in [2.75, 3.05) is 19.6 Å². The van der Waals surface area contributed by atoms with Gasteiger partial charge in [-0.15, -0.1) is 0 Å². The standard InChI is InChI=1S/C21H27N3O4/c1-13(2)24-18-6-4-5-14(3)16(18)11-17(20(24)26)19(25)22-12-15-7-9-23(10-8-15)21(27)28/h4-6,11,13,15H,7-10,12H2,1-3H3,(H,22,25)(H,27,28). The van der Waals surface area contributed by atoms with Crippen LogP contribution in [0, 0.1) is 12.8 Å². The summed E-state index contributed by atoms with van der Waals surface area (Å²) in [5.41, 5.74) is 1.71. The summed E-state index contributed by atoms with van der Waals surface area (Å²) in [5.74, 6) is -0.153. The van der Waals surface area contributed by atoms with Gasteiger partial charge in [0.05, 0.1) is 5.52 Å². The second-order valence-electron chi connectivity index (χ2n) is 7.76. The van der Waals surface area contributed by atoms with Gasteiger partial charge in [-0.3, -0.25) is 9.59 Å². The third kappa shape index (κ3) is 3.88. The first kappa shape index (κ1) is 19.9. The van der Waals surface area contributed by atoms with Crippen LogP contribution >= 0.6 is 0 Å². The van der Waals surface area contributed by atoms with E-state index in [-0.39, 0.29) is 29.0 Å². The molecule has 0 aliphatic carbocycles. The number of aromatic nitrogens is 1. The van der Waals surface area contributed by atoms with Gasteiger partial charge in [0.2, 0.25) is 0 Å². The van der Waals surface area contributed by atoms with Crippen molar-refractivity contribution in [3.8, 4) is 0 Å². The minimum atomic E-state index is -0.900. The highest BCUT2D eigenvalue weighted by Gasteiger charge is 2.24. The summed E-state index contributed by atoms with van der Waals surface area (Å²) in [7, 11) is 0. The first-order chi connectivity index (χ1) is 13.3. The first-order valence-corrected chi connectivity index (χ1v) is 9.70. The smallest absolute Gasteiger partial charge is 0.407 e. The van der Waals surface area contributed by atoms with E-state index in [0.29, 0.717) is 32.5 Å². The highest BCUT2D eigenvalue weighted by Crippen LogP contribution is 2.21. The second kappa shape index (κ2) is 8.04. The zero-order valence-corrected chi connectivity index (χ0v) is 16.6. The maximum Gasteiger partial charge on any atom is 0.407 e. The summed E-state index contributed by atoms with van der Waals surface area (Å²) in [6, 6.07) is 7.41. The summed E-state index contributed by atoms with van der Waals surface area (Å²) in [5, 5.41) is 12.8. The van der Waals surface area contributed by atoms with Crippen molar-refractivity contribution in [3.05, 3.63) is 45.7 Å². The van der Waals surface area contributed by atoms with Gasteiger partial charge >= 0.3 is 6.09 Å². The van der Waals surface area contributed by atoms with Crippen molar-refractivity contribution >= 4 is 22.9 Å². The molecule has 1 saturated heterocycles. The van der Waals surface area contributed by atoms with Crippen molar-refractivity contribution in [1.29, 1.82) is 0 Å². The van der Waals surface area contributed by atoms with E-state index in [1.54, 1.807) is 10.6 Å². The molecule has 28 heavy (non-hydrogen) atoms. The molecule has 2 aromatic rings. The van der Waals surface area contributed by atoms with Crippen LogP contribution in [0.5, 0.6) is 0 Å². The Bertz CT molecular complexity index is 956. The summed E-state index contributed by atoms with van der Waals surface area (Å²) in [6.45, 7) is 7.23. The fourth-order valence-electron chi connectivity index (χ4n) is 3.84. The number of benzene rings is 1. The minimum absolute atomic E-state index is 0.0649. The van der Waals surface area contributed by atoms with Gasteiger partial charge in [0.1, 0.15) is 5.56 Å². The molecule has 150 valence electrons. The minimum Gasteiger partial charge on any atom is -0.465 e. The molecule has 0 radical (unpaired) electrons. The normalized spacial score (nSPS) is 15.2. The largest absolute Gasteiger partial charge is 0.465 e. The zero-order chi connectivity index (χ0) is 20.4. The molecule has 2 N–H and O–H groups in total. The van der Waals surface area contributed by atoms with Crippen LogP contribution < -0.4 is 10.9 Å². The fraction of sp³-hybridized carbons (Fsp3) is 0.476. The first-order valence-electron chi connectivity index (χ1n) is 9.70. The molecule has 3 rings (SSSR count). The second-order valence-corrected chi connectivity index (χ2v) is 7.76. The summed E-state index contributed by atoms with van der Waals surface area (Å²) in [6.07, 6.45) is 0.516. The van der Waals surface area contributed by atoms with Crippen LogP contribution in [0.3, 0.4) is 0 Å². The van der Waals surface area contributed by atoms with E-state index >= 15 is 0 Å². The molecule has 7 heteroatoms. The number of piperidine rings is 1. The van der Waals surface area contributed by atoms with Crippen molar-refractivity contribution in [2.45, 2.75) is 39.7 Å². The Kier molecular flexibility index (Phi) is 5.72. The topological polar surface area (TPSA) is 91.6 Å². The van der Waals surface area contributed by atoms with E-state index in [2.05, 4.69) is 5.32 Å². The number of hydrogen-bond donors (Lipinski definition) is 2. The highest BCUT2D eigenvalue weighted by molar-refractivity contribution is 5.98. The molecule has 0 saturated carbocycles. The van der Waals surface area contributed by atoms with Crippen LogP contribution in [-0.4, -0.2) is 46.2 Å². The molecule has 0 unspecified atom stereocenters. The average Bonchev–Trinajstić information content (AvgIpc) is 2.66. The fourth-order valence-corrected chi connectivity index (χ4v) is 3.84. The number of nitrogens with one attached hydrogen (secondary N) is 1. The molecule has 7 nitrogen and oxygen atoms in total. The number of aryl methyl sites for hydroxylation is 1. The third-order valence-electron chi connectivity index (χ3n) is 5.50. The average molecular weight is 385 g/mol. The van der Waals surface area contributed by atoms with Gasteiger partial charge in [-0.05, 0) is 57.2 Å². The van der Waals surface area contributed by atoms with E-state index in [0.717, 1.165) is 16.5 Å². The third-order valence-corrected chi connectivity index (χ3v) is 5.50. The van der Waals surface area contributed by atoms with E-state index in [1.165, 1.54) is 4.90 Å². The van der Waals surface area contributed by atoms with Gasteiger partial charge in [0.25, 0.3) is 11.5 Å². The predicted molar refractivity (Wildman–Crippen MR) is 108 cm³/mol. The number of nitrogens with zero attached hydrogens (tertiary/aromatic N) is 2. The molecule has 2 heterocycles. The van der Waals surface area contributed by atoms with Gasteiger partial charge in [-0.1, -0.05) is 12.1 Å². The van der Waals surface area contributed by atoms with Crippen LogP contribution in [0.1, 0.15) is 48.7 Å². The Labute approximate surface area is 164 Å². The number of carboxylic acid groups (broad SMARTS) is 1. The summed E-state index contributed by atoms with van der Waals surface area (Å²) >= 11 is 0. The monoisotopic (exact) mass is 385 g/mol. The number of hydrogen-bond acceptors (Lipinski definition) is 3. The Balaban J connectivity index is 1.80. The Morgan fingerprint density at radius 2 is 1.93 bits per heavy atom. The number of pyridine rings is 1. The lowest BCUT2D eigenvalue weighted by molar-refractivity contribution is 0.0927. The zero-order valence-electron chi connectivity index (χ0n) is 16.6. The van der Waals surface area contributed by atoms with Crippen molar-refractivity contribution < 1.29 is 14.7 Å². The maximum absolute atomic E-state index is 13.0. The molecular weight excluding hydrogens is 358 g/mol. The Morgan fingerprint density at radius 1 is 1.25 bits per heavy atom. The molecule has 0 bridgehead atoms. The van der Waals surface area contributed by atoms with Gasteiger partial charge in [0, 0.05) is 31.1 Å². The Morgan fingerprint density at radius 3 is 2.54 bits per heavy atom. The van der Waals surface area contributed by atoms with Crippen molar-refractivity contribution in [1.82, 2.24) is 14.8 Å². The number of carbonyl (C=O) groups excluding carboxylic acids is 1. The lowest BCUT2D eigenvalue weighted by Crippen LogP contribution is -2.41. The maximum atomic E-state index is 13.0. The molecule has 1 fully saturated rings. The number of carbonyl (C=O) groups is 2. The van der Waals surface area contributed by atoms with Crippen LogP contribution in [0.2, 0.25) is 0 Å². The number of fused-ring (bicyclic) bond motifs is 1. The van der Waals surface area contributed by atoms with Crippen molar-refractivity contribution in [3.63, 3.8) is 0 Å². The molecule has 0 spiro atoms. The molecule has 1 aromatic carbocycles. The SMILES string of the molecule is Cc1cccc2c1cc(C(=O)NCC1CCN(C(=O)O)CC1)c(=O)n2C(C)C. The number of likely N-dealkylation sites (tertiary alicyclic amines) is 1. The highest BCUT2D eigenvalue weighted by atomic mass is 16.4. The van der Waals surface area contributed by atoms with E-state index in [1.807, 2.05) is 39.0 Å². The van der Waals surface area contributed by atoms with Crippen LogP contribution in [0.4, 0.5) is 4.79 Å². The van der Waals surface area contributed by atoms with E-state index < -0.39 is 6.09 Å². The van der Waals surface area contributed by atoms with Gasteiger partial charge < -0.3 is 19.9 Å². The van der Waals surface area contributed by atoms with Gasteiger partial charge in [0.15, 0.2) is 0 Å². The van der Waals surface area contributed by atoms with E-state index in [9.17, 15) is 14.4 Å².